The van der Waals surface area contributed by atoms with Crippen LogP contribution in [0.1, 0.15) is 36.4 Å². The molecular weight excluding hydrogens is 408 g/mol. The van der Waals surface area contributed by atoms with Crippen LogP contribution in [0.5, 0.6) is 17.2 Å². The molecule has 1 aromatic heterocycles. The van der Waals surface area contributed by atoms with Crippen molar-refractivity contribution in [3.05, 3.63) is 66.0 Å². The van der Waals surface area contributed by atoms with Crippen LogP contribution in [0.3, 0.4) is 0 Å². The molecule has 164 valence electrons. The highest BCUT2D eigenvalue weighted by Gasteiger charge is 2.13. The number of carbonyl (C=O) groups excluding carboxylic acids is 1. The molecule has 2 aromatic carbocycles. The summed E-state index contributed by atoms with van der Waals surface area (Å²) in [6, 6.07) is 13.6. The highest BCUT2D eigenvalue weighted by Crippen LogP contribution is 2.29. The molecule has 1 heterocycles. The molecule has 0 aliphatic carbocycles. The van der Waals surface area contributed by atoms with Gasteiger partial charge in [0.25, 0.3) is 5.91 Å². The summed E-state index contributed by atoms with van der Waals surface area (Å²) in [6.45, 7) is 2.42. The fourth-order valence-corrected chi connectivity index (χ4v) is 2.75. The standard InChI is InChI=1S/C22H23F2N3O4/c1-3-29-19-10-5-15(13-20(19)30-4-2)14-31-17-8-6-16(7-9-17)25-21(28)18-11-12-27(26-18)22(23)24/h5-13,22H,3-4,14H2,1-2H3,(H,25,28). The lowest BCUT2D eigenvalue weighted by Gasteiger charge is -2.13. The predicted octanol–water partition coefficient (Wildman–Crippen LogP) is 4.91. The third-order valence-electron chi connectivity index (χ3n) is 4.17. The van der Waals surface area contributed by atoms with Crippen LogP contribution in [0.2, 0.25) is 0 Å². The third-order valence-corrected chi connectivity index (χ3v) is 4.17. The number of alkyl halides is 2. The predicted molar refractivity (Wildman–Crippen MR) is 111 cm³/mol. The van der Waals surface area contributed by atoms with E-state index in [1.165, 1.54) is 6.07 Å². The van der Waals surface area contributed by atoms with Gasteiger partial charge in [-0.2, -0.15) is 13.9 Å². The first-order valence-corrected chi connectivity index (χ1v) is 9.76. The van der Waals surface area contributed by atoms with Crippen LogP contribution in [-0.4, -0.2) is 28.9 Å². The van der Waals surface area contributed by atoms with Gasteiger partial charge in [0.2, 0.25) is 0 Å². The normalized spacial score (nSPS) is 10.7. The molecule has 3 rings (SSSR count). The molecule has 0 aliphatic rings. The van der Waals surface area contributed by atoms with Crippen LogP contribution in [-0.2, 0) is 6.61 Å². The summed E-state index contributed by atoms with van der Waals surface area (Å²) in [5.41, 5.74) is 1.31. The molecule has 0 saturated heterocycles. The van der Waals surface area contributed by atoms with E-state index in [-0.39, 0.29) is 5.69 Å². The van der Waals surface area contributed by atoms with Gasteiger partial charge in [0.05, 0.1) is 13.2 Å². The SMILES string of the molecule is CCOc1ccc(COc2ccc(NC(=O)c3ccn(C(F)F)n3)cc2)cc1OCC. The van der Waals surface area contributed by atoms with Crippen molar-refractivity contribution in [1.82, 2.24) is 9.78 Å². The van der Waals surface area contributed by atoms with Gasteiger partial charge in [-0.15, -0.1) is 0 Å². The zero-order chi connectivity index (χ0) is 22.2. The van der Waals surface area contributed by atoms with Crippen molar-refractivity contribution in [3.63, 3.8) is 0 Å². The van der Waals surface area contributed by atoms with Crippen LogP contribution >= 0.6 is 0 Å². The van der Waals surface area contributed by atoms with Crippen molar-refractivity contribution in [1.29, 1.82) is 0 Å². The Kier molecular flexibility index (Phi) is 7.42. The molecule has 0 saturated carbocycles. The summed E-state index contributed by atoms with van der Waals surface area (Å²) in [7, 11) is 0. The van der Waals surface area contributed by atoms with Crippen LogP contribution in [0.25, 0.3) is 0 Å². The van der Waals surface area contributed by atoms with Crippen molar-refractivity contribution < 1.29 is 27.8 Å². The second-order valence-corrected chi connectivity index (χ2v) is 6.37. The monoisotopic (exact) mass is 431 g/mol. The van der Waals surface area contributed by atoms with E-state index < -0.39 is 12.5 Å². The van der Waals surface area contributed by atoms with Gasteiger partial charge in [0.15, 0.2) is 17.2 Å². The van der Waals surface area contributed by atoms with Crippen LogP contribution in [0, 0.1) is 0 Å². The van der Waals surface area contributed by atoms with Gasteiger partial charge in [-0.25, -0.2) is 4.68 Å². The fourth-order valence-electron chi connectivity index (χ4n) is 2.75. The average Bonchev–Trinajstić information content (AvgIpc) is 3.26. The molecule has 0 fully saturated rings. The second-order valence-electron chi connectivity index (χ2n) is 6.37. The smallest absolute Gasteiger partial charge is 0.333 e. The van der Waals surface area contributed by atoms with E-state index in [4.69, 9.17) is 14.2 Å². The summed E-state index contributed by atoms with van der Waals surface area (Å²) >= 11 is 0. The molecule has 0 atom stereocenters. The number of hydrogen-bond donors (Lipinski definition) is 1. The van der Waals surface area contributed by atoms with Gasteiger partial charge in [0, 0.05) is 11.9 Å². The molecule has 31 heavy (non-hydrogen) atoms. The van der Waals surface area contributed by atoms with Gasteiger partial charge in [0.1, 0.15) is 12.4 Å². The fraction of sp³-hybridized carbons (Fsp3) is 0.273. The van der Waals surface area contributed by atoms with Crippen molar-refractivity contribution >= 4 is 11.6 Å². The maximum Gasteiger partial charge on any atom is 0.333 e. The van der Waals surface area contributed by atoms with Gasteiger partial charge in [-0.3, -0.25) is 4.79 Å². The first-order chi connectivity index (χ1) is 15.0. The first kappa shape index (κ1) is 22.1. The largest absolute Gasteiger partial charge is 0.490 e. The lowest BCUT2D eigenvalue weighted by atomic mass is 10.2. The third kappa shape index (κ3) is 5.94. The summed E-state index contributed by atoms with van der Waals surface area (Å²) < 4.78 is 42.5. The maximum atomic E-state index is 12.6. The minimum atomic E-state index is -2.79. The number of benzene rings is 2. The van der Waals surface area contributed by atoms with E-state index in [1.54, 1.807) is 24.3 Å². The Labute approximate surface area is 178 Å². The maximum absolute atomic E-state index is 12.6. The highest BCUT2D eigenvalue weighted by molar-refractivity contribution is 6.02. The number of aromatic nitrogens is 2. The molecule has 0 bridgehead atoms. The van der Waals surface area contributed by atoms with Crippen molar-refractivity contribution in [2.45, 2.75) is 27.0 Å². The zero-order valence-corrected chi connectivity index (χ0v) is 17.2. The Balaban J connectivity index is 1.58. The van der Waals surface area contributed by atoms with Gasteiger partial charge < -0.3 is 19.5 Å². The number of anilines is 1. The Hall–Kier alpha value is -3.62. The molecule has 1 amide bonds. The molecule has 0 radical (unpaired) electrons. The molecule has 3 aromatic rings. The summed E-state index contributed by atoms with van der Waals surface area (Å²) in [5, 5.41) is 6.14. The minimum Gasteiger partial charge on any atom is -0.490 e. The minimum absolute atomic E-state index is 0.0961. The van der Waals surface area contributed by atoms with E-state index in [2.05, 4.69) is 10.4 Å². The van der Waals surface area contributed by atoms with E-state index in [9.17, 15) is 13.6 Å². The van der Waals surface area contributed by atoms with Crippen molar-refractivity contribution in [2.24, 2.45) is 0 Å². The Morgan fingerprint density at radius 2 is 1.71 bits per heavy atom. The van der Waals surface area contributed by atoms with E-state index >= 15 is 0 Å². The van der Waals surface area contributed by atoms with Crippen molar-refractivity contribution in [2.75, 3.05) is 18.5 Å². The van der Waals surface area contributed by atoms with E-state index in [0.29, 0.717) is 47.4 Å². The Morgan fingerprint density at radius 1 is 1.00 bits per heavy atom. The molecule has 1 N–H and O–H groups in total. The molecule has 9 heteroatoms. The highest BCUT2D eigenvalue weighted by atomic mass is 19.3. The van der Waals surface area contributed by atoms with Crippen molar-refractivity contribution in [3.8, 4) is 17.2 Å². The summed E-state index contributed by atoms with van der Waals surface area (Å²) in [5.74, 6) is 1.38. The lowest BCUT2D eigenvalue weighted by Crippen LogP contribution is -2.13. The number of nitrogens with zero attached hydrogens (tertiary/aromatic N) is 2. The first-order valence-electron chi connectivity index (χ1n) is 9.76. The topological polar surface area (TPSA) is 74.6 Å². The molecule has 7 nitrogen and oxygen atoms in total. The number of ether oxygens (including phenoxy) is 3. The average molecular weight is 431 g/mol. The number of amides is 1. The van der Waals surface area contributed by atoms with E-state index in [0.717, 1.165) is 11.8 Å². The number of halogens is 2. The second kappa shape index (κ2) is 10.4. The number of hydrogen-bond acceptors (Lipinski definition) is 5. The molecule has 0 unspecified atom stereocenters. The Bertz CT molecular complexity index is 1010. The van der Waals surface area contributed by atoms with Gasteiger partial charge in [-0.1, -0.05) is 6.07 Å². The number of nitrogens with one attached hydrogen (secondary N) is 1. The van der Waals surface area contributed by atoms with E-state index in [1.807, 2.05) is 32.0 Å². The zero-order valence-electron chi connectivity index (χ0n) is 17.2. The van der Waals surface area contributed by atoms with Crippen LogP contribution < -0.4 is 19.5 Å². The Morgan fingerprint density at radius 3 is 2.35 bits per heavy atom. The molecular formula is C22H23F2N3O4. The van der Waals surface area contributed by atoms with Crippen LogP contribution in [0.15, 0.2) is 54.7 Å². The van der Waals surface area contributed by atoms with Crippen LogP contribution in [0.4, 0.5) is 14.5 Å². The lowest BCUT2D eigenvalue weighted by molar-refractivity contribution is 0.0561. The summed E-state index contributed by atoms with van der Waals surface area (Å²) in [4.78, 5) is 12.1. The molecule has 0 spiro atoms. The van der Waals surface area contributed by atoms with Gasteiger partial charge >= 0.3 is 6.55 Å². The number of rotatable bonds is 10. The summed E-state index contributed by atoms with van der Waals surface area (Å²) in [6.07, 6.45) is 1.05. The quantitative estimate of drug-likeness (QED) is 0.494. The molecule has 0 aliphatic heterocycles. The van der Waals surface area contributed by atoms with Gasteiger partial charge in [-0.05, 0) is 61.9 Å². The number of carbonyl (C=O) groups is 1.